The molecule has 1 aliphatic rings. The number of nitrogens with one attached hydrogen (secondary N) is 1. The van der Waals surface area contributed by atoms with Gasteiger partial charge in [0.25, 0.3) is 0 Å². The Bertz CT molecular complexity index is 954. The van der Waals surface area contributed by atoms with Gasteiger partial charge in [-0.2, -0.15) is 0 Å². The highest BCUT2D eigenvalue weighted by atomic mass is 16.4. The van der Waals surface area contributed by atoms with Crippen LogP contribution in [-0.2, 0) is 11.3 Å². The fraction of sp³-hybridized carbons (Fsp3) is 0.381. The minimum absolute atomic E-state index is 0.0242. The van der Waals surface area contributed by atoms with Crippen molar-refractivity contribution in [3.63, 3.8) is 0 Å². The number of nitrogens with zero attached hydrogens (tertiary/aromatic N) is 3. The Morgan fingerprint density at radius 3 is 2.70 bits per heavy atom. The predicted octanol–water partition coefficient (Wildman–Crippen LogP) is 3.91. The van der Waals surface area contributed by atoms with E-state index in [-0.39, 0.29) is 18.5 Å². The van der Waals surface area contributed by atoms with Crippen molar-refractivity contribution in [2.24, 2.45) is 0 Å². The molecule has 0 unspecified atom stereocenters. The molecule has 2 aromatic heterocycles. The maximum Gasteiger partial charge on any atom is 0.249 e. The number of hydrogen-bond acceptors (Lipinski definition) is 4. The molecule has 6 nitrogen and oxygen atoms in total. The highest BCUT2D eigenvalue weighted by Crippen LogP contribution is 2.40. The Morgan fingerprint density at radius 2 is 2.00 bits per heavy atom. The van der Waals surface area contributed by atoms with Gasteiger partial charge < -0.3 is 14.3 Å². The smallest absolute Gasteiger partial charge is 0.249 e. The van der Waals surface area contributed by atoms with Gasteiger partial charge in [0, 0.05) is 17.3 Å². The van der Waals surface area contributed by atoms with Crippen LogP contribution in [0.25, 0.3) is 11.5 Å². The number of aryl methyl sites for hydroxylation is 1. The van der Waals surface area contributed by atoms with Crippen molar-refractivity contribution in [2.45, 2.75) is 52.1 Å². The lowest BCUT2D eigenvalue weighted by Crippen LogP contribution is -2.30. The zero-order valence-corrected chi connectivity index (χ0v) is 15.9. The van der Waals surface area contributed by atoms with Gasteiger partial charge in [0.05, 0.1) is 11.6 Å². The Morgan fingerprint density at radius 1 is 1.26 bits per heavy atom. The molecule has 0 aliphatic heterocycles. The van der Waals surface area contributed by atoms with Gasteiger partial charge in [0.15, 0.2) is 0 Å². The third-order valence-corrected chi connectivity index (χ3v) is 5.15. The molecular formula is C21H24N4O2. The van der Waals surface area contributed by atoms with E-state index in [1.165, 1.54) is 0 Å². The highest BCUT2D eigenvalue weighted by Gasteiger charge is 2.30. The van der Waals surface area contributed by atoms with Crippen LogP contribution in [0.15, 0.2) is 40.8 Å². The molecule has 0 bridgehead atoms. The Labute approximate surface area is 158 Å². The Hall–Kier alpha value is -2.89. The van der Waals surface area contributed by atoms with Gasteiger partial charge in [-0.3, -0.25) is 4.79 Å². The lowest BCUT2D eigenvalue weighted by atomic mass is 10.1. The summed E-state index contributed by atoms with van der Waals surface area (Å²) in [6, 6.07) is 11.9. The van der Waals surface area contributed by atoms with Crippen LogP contribution in [0.4, 0.5) is 0 Å². The van der Waals surface area contributed by atoms with E-state index in [0.29, 0.717) is 11.8 Å². The molecule has 6 heteroatoms. The van der Waals surface area contributed by atoms with E-state index in [0.717, 1.165) is 41.2 Å². The first-order valence-corrected chi connectivity index (χ1v) is 9.37. The Balaban J connectivity index is 1.48. The summed E-state index contributed by atoms with van der Waals surface area (Å²) in [5.41, 5.74) is 3.94. The van der Waals surface area contributed by atoms with Crippen LogP contribution in [0, 0.1) is 13.8 Å². The maximum atomic E-state index is 12.6. The summed E-state index contributed by atoms with van der Waals surface area (Å²) in [4.78, 5) is 12.6. The molecule has 1 fully saturated rings. The van der Waals surface area contributed by atoms with E-state index in [1.807, 2.05) is 61.7 Å². The first-order chi connectivity index (χ1) is 13.0. The fourth-order valence-corrected chi connectivity index (χ4v) is 3.36. The van der Waals surface area contributed by atoms with Gasteiger partial charge >= 0.3 is 0 Å². The zero-order valence-electron chi connectivity index (χ0n) is 15.9. The topological polar surface area (TPSA) is 73.0 Å². The third kappa shape index (κ3) is 3.65. The largest absolute Gasteiger partial charge is 0.420 e. The van der Waals surface area contributed by atoms with E-state index < -0.39 is 0 Å². The first kappa shape index (κ1) is 17.5. The SMILES string of the molecule is Cc1cc(-c2nnc(C3CC3)o2)c(C)n1CC(=O)N[C@@H](C)c1ccccc1. The molecule has 2 heterocycles. The van der Waals surface area contributed by atoms with Crippen molar-refractivity contribution in [3.8, 4) is 11.5 Å². The predicted molar refractivity (Wildman–Crippen MR) is 102 cm³/mol. The third-order valence-electron chi connectivity index (χ3n) is 5.15. The summed E-state index contributed by atoms with van der Waals surface area (Å²) in [6.07, 6.45) is 2.25. The Kier molecular flexibility index (Phi) is 4.56. The van der Waals surface area contributed by atoms with E-state index in [2.05, 4.69) is 15.5 Å². The van der Waals surface area contributed by atoms with Crippen LogP contribution in [0.1, 0.15) is 54.6 Å². The summed E-state index contributed by atoms with van der Waals surface area (Å²) in [7, 11) is 0. The molecule has 1 atom stereocenters. The second-order valence-corrected chi connectivity index (χ2v) is 7.29. The molecule has 1 aliphatic carbocycles. The van der Waals surface area contributed by atoms with Crippen molar-refractivity contribution in [2.75, 3.05) is 0 Å². The monoisotopic (exact) mass is 364 g/mol. The number of carbonyl (C=O) groups is 1. The molecule has 140 valence electrons. The lowest BCUT2D eigenvalue weighted by molar-refractivity contribution is -0.122. The van der Waals surface area contributed by atoms with Crippen LogP contribution >= 0.6 is 0 Å². The number of carbonyl (C=O) groups excluding carboxylic acids is 1. The van der Waals surface area contributed by atoms with Crippen LogP contribution in [0.5, 0.6) is 0 Å². The van der Waals surface area contributed by atoms with Gasteiger partial charge in [-0.1, -0.05) is 30.3 Å². The van der Waals surface area contributed by atoms with Crippen LogP contribution in [0.3, 0.4) is 0 Å². The number of amides is 1. The van der Waals surface area contributed by atoms with Crippen LogP contribution in [0.2, 0.25) is 0 Å². The van der Waals surface area contributed by atoms with Gasteiger partial charge in [0.2, 0.25) is 17.7 Å². The van der Waals surface area contributed by atoms with Crippen molar-refractivity contribution in [1.29, 1.82) is 0 Å². The van der Waals surface area contributed by atoms with Gasteiger partial charge in [-0.25, -0.2) is 0 Å². The highest BCUT2D eigenvalue weighted by molar-refractivity contribution is 5.77. The van der Waals surface area contributed by atoms with E-state index in [4.69, 9.17) is 4.42 Å². The van der Waals surface area contributed by atoms with Crippen molar-refractivity contribution in [3.05, 3.63) is 59.2 Å². The van der Waals surface area contributed by atoms with Gasteiger partial charge in [0.1, 0.15) is 6.54 Å². The molecule has 0 radical (unpaired) electrons. The lowest BCUT2D eigenvalue weighted by Gasteiger charge is -2.16. The molecule has 1 N–H and O–H groups in total. The number of rotatable bonds is 6. The minimum atomic E-state index is -0.0358. The standard InChI is InChI=1S/C21H24N4O2/c1-13-11-18(21-24-23-20(27-21)17-9-10-17)15(3)25(13)12-19(26)22-14(2)16-7-5-4-6-8-16/h4-8,11,14,17H,9-10,12H2,1-3H3,(H,22,26)/t14-/m0/s1. The quantitative estimate of drug-likeness (QED) is 0.720. The van der Waals surface area contributed by atoms with E-state index in [1.54, 1.807) is 0 Å². The summed E-state index contributed by atoms with van der Waals surface area (Å²) in [5, 5.41) is 11.4. The summed E-state index contributed by atoms with van der Waals surface area (Å²) in [6.45, 7) is 6.23. The van der Waals surface area contributed by atoms with Crippen molar-refractivity contribution >= 4 is 5.91 Å². The van der Waals surface area contributed by atoms with E-state index in [9.17, 15) is 4.79 Å². The molecule has 0 spiro atoms. The number of hydrogen-bond donors (Lipinski definition) is 1. The number of aromatic nitrogens is 3. The van der Waals surface area contributed by atoms with Crippen LogP contribution < -0.4 is 5.32 Å². The average molecular weight is 364 g/mol. The van der Waals surface area contributed by atoms with Crippen molar-refractivity contribution in [1.82, 2.24) is 20.1 Å². The normalized spacial score (nSPS) is 14.9. The molecule has 3 aromatic rings. The second-order valence-electron chi connectivity index (χ2n) is 7.29. The maximum absolute atomic E-state index is 12.6. The molecule has 4 rings (SSSR count). The van der Waals surface area contributed by atoms with Crippen molar-refractivity contribution < 1.29 is 9.21 Å². The number of benzene rings is 1. The molecule has 1 aromatic carbocycles. The molecule has 27 heavy (non-hydrogen) atoms. The van der Waals surface area contributed by atoms with Gasteiger partial charge in [-0.05, 0) is 45.2 Å². The molecule has 1 amide bonds. The van der Waals surface area contributed by atoms with E-state index >= 15 is 0 Å². The zero-order chi connectivity index (χ0) is 19.0. The first-order valence-electron chi connectivity index (χ1n) is 9.37. The van der Waals surface area contributed by atoms with Crippen LogP contribution in [-0.4, -0.2) is 20.7 Å². The summed E-state index contributed by atoms with van der Waals surface area (Å²) >= 11 is 0. The molecular weight excluding hydrogens is 340 g/mol. The minimum Gasteiger partial charge on any atom is -0.420 e. The average Bonchev–Trinajstić information content (AvgIpc) is 3.34. The summed E-state index contributed by atoms with van der Waals surface area (Å²) in [5.74, 6) is 1.67. The fourth-order valence-electron chi connectivity index (χ4n) is 3.36. The second kappa shape index (κ2) is 7.02. The summed E-state index contributed by atoms with van der Waals surface area (Å²) < 4.78 is 7.82. The molecule has 1 saturated carbocycles. The molecule has 0 saturated heterocycles. The van der Waals surface area contributed by atoms with Gasteiger partial charge in [-0.15, -0.1) is 10.2 Å².